The number of anilines is 2. The minimum atomic E-state index is -4.30. The molecule has 0 spiro atoms. The zero-order valence-corrected chi connectivity index (χ0v) is 19.9. The van der Waals surface area contributed by atoms with E-state index in [-0.39, 0.29) is 16.5 Å². The van der Waals surface area contributed by atoms with E-state index in [1.165, 1.54) is 16.9 Å². The molecule has 1 aromatic heterocycles. The van der Waals surface area contributed by atoms with Crippen LogP contribution < -0.4 is 10.6 Å². The second-order valence-corrected chi connectivity index (χ2v) is 10.6. The van der Waals surface area contributed by atoms with Gasteiger partial charge in [-0.05, 0) is 0 Å². The first kappa shape index (κ1) is 21.9. The number of nitrogens with zero attached hydrogens (tertiary/aromatic N) is 1. The van der Waals surface area contributed by atoms with E-state index in [1.807, 2.05) is 31.3 Å². The molecule has 31 heavy (non-hydrogen) atoms. The van der Waals surface area contributed by atoms with E-state index in [1.54, 1.807) is 23.5 Å². The standard InChI is InChI=1S/C22H21AsF3N3OS/c1-12-17-9-14(4-7-18(17)29-20(12)30)19-11-28-21(31-19)27-10-16(23)8-13-2-5-15(6-3-13)22(24,25)26/h2-7,9,11-12,16H,8,10,23H2,1H3,(H,27,28)(H,29,30)/t12?,16-/m0/s1. The van der Waals surface area contributed by atoms with Crippen molar-refractivity contribution in [1.29, 1.82) is 0 Å². The minimum absolute atomic E-state index is 0.0164. The molecule has 0 radical (unpaired) electrons. The van der Waals surface area contributed by atoms with Gasteiger partial charge >= 0.3 is 191 Å². The van der Waals surface area contributed by atoms with Crippen LogP contribution in [0.2, 0.25) is 4.71 Å². The SMILES string of the molecule is CC1C(=O)Nc2ccc(-c3cnc(NC[C@@H]([AsH2])Cc4ccc(C(F)(F)F)cc4)s3)cc21. The van der Waals surface area contributed by atoms with Crippen molar-refractivity contribution in [3.8, 4) is 10.4 Å². The fraction of sp³-hybridized carbons (Fsp3) is 0.273. The van der Waals surface area contributed by atoms with Gasteiger partial charge in [0.05, 0.1) is 0 Å². The summed E-state index contributed by atoms with van der Waals surface area (Å²) in [5, 5.41) is 7.01. The maximum absolute atomic E-state index is 12.7. The molecule has 1 amide bonds. The second kappa shape index (κ2) is 8.67. The molecule has 3 aromatic rings. The Bertz CT molecular complexity index is 1100. The van der Waals surface area contributed by atoms with E-state index in [2.05, 4.69) is 15.6 Å². The van der Waals surface area contributed by atoms with Crippen LogP contribution in [0.3, 0.4) is 0 Å². The summed E-state index contributed by atoms with van der Waals surface area (Å²) in [5.74, 6) is -0.142. The first-order valence-electron chi connectivity index (χ1n) is 9.77. The Morgan fingerprint density at radius 2 is 1.97 bits per heavy atom. The monoisotopic (exact) mass is 507 g/mol. The van der Waals surface area contributed by atoms with E-state index in [9.17, 15) is 18.0 Å². The summed E-state index contributed by atoms with van der Waals surface area (Å²) in [4.78, 5) is 17.3. The number of hydrogen-bond donors (Lipinski definition) is 2. The number of aromatic nitrogens is 1. The number of carbonyl (C=O) groups is 1. The van der Waals surface area contributed by atoms with Crippen molar-refractivity contribution in [2.24, 2.45) is 0 Å². The number of halogens is 3. The fourth-order valence-corrected chi connectivity index (χ4v) is 5.12. The van der Waals surface area contributed by atoms with Crippen LogP contribution in [-0.2, 0) is 17.4 Å². The van der Waals surface area contributed by atoms with Crippen LogP contribution in [0.5, 0.6) is 0 Å². The molecule has 4 rings (SSSR count). The summed E-state index contributed by atoms with van der Waals surface area (Å²) in [7, 11) is 0. The van der Waals surface area contributed by atoms with Crippen molar-refractivity contribution in [3.05, 3.63) is 65.4 Å². The van der Waals surface area contributed by atoms with E-state index in [0.29, 0.717) is 13.0 Å². The zero-order chi connectivity index (χ0) is 22.2. The van der Waals surface area contributed by atoms with Gasteiger partial charge in [-0.25, -0.2) is 0 Å². The Morgan fingerprint density at radius 3 is 2.68 bits per heavy atom. The average Bonchev–Trinajstić information content (AvgIpc) is 3.31. The molecule has 4 nitrogen and oxygen atoms in total. The molecule has 0 saturated carbocycles. The third-order valence-corrected chi connectivity index (χ3v) is 7.25. The molecule has 1 aliphatic heterocycles. The van der Waals surface area contributed by atoms with E-state index in [4.69, 9.17) is 0 Å². The van der Waals surface area contributed by atoms with Gasteiger partial charge in [0.2, 0.25) is 0 Å². The zero-order valence-electron chi connectivity index (χ0n) is 16.7. The van der Waals surface area contributed by atoms with Crippen LogP contribution in [0.4, 0.5) is 24.0 Å². The molecule has 2 aromatic carbocycles. The third kappa shape index (κ3) is 4.96. The fourth-order valence-electron chi connectivity index (χ4n) is 3.48. The number of fused-ring (bicyclic) bond motifs is 1. The van der Waals surface area contributed by atoms with Crippen LogP contribution >= 0.6 is 11.3 Å². The van der Waals surface area contributed by atoms with Crippen molar-refractivity contribution >= 4 is 44.9 Å². The van der Waals surface area contributed by atoms with Crippen LogP contribution in [-0.4, -0.2) is 34.3 Å². The molecule has 0 bridgehead atoms. The molecular formula is C22H21AsF3N3OS. The van der Waals surface area contributed by atoms with Gasteiger partial charge in [0.1, 0.15) is 0 Å². The topological polar surface area (TPSA) is 54.0 Å². The van der Waals surface area contributed by atoms with Crippen molar-refractivity contribution in [1.82, 2.24) is 4.98 Å². The third-order valence-electron chi connectivity index (χ3n) is 5.25. The van der Waals surface area contributed by atoms with Gasteiger partial charge in [-0.2, -0.15) is 0 Å². The van der Waals surface area contributed by atoms with Gasteiger partial charge in [0, 0.05) is 0 Å². The van der Waals surface area contributed by atoms with Gasteiger partial charge < -0.3 is 0 Å². The summed E-state index contributed by atoms with van der Waals surface area (Å²) < 4.78 is 38.3. The van der Waals surface area contributed by atoms with Gasteiger partial charge in [-0.15, -0.1) is 0 Å². The van der Waals surface area contributed by atoms with Gasteiger partial charge in [0.15, 0.2) is 0 Å². The van der Waals surface area contributed by atoms with Crippen LogP contribution in [0.25, 0.3) is 10.4 Å². The number of amides is 1. The molecule has 2 unspecified atom stereocenters. The molecule has 0 saturated heterocycles. The van der Waals surface area contributed by atoms with E-state index < -0.39 is 11.7 Å². The van der Waals surface area contributed by atoms with Crippen LogP contribution in [0.1, 0.15) is 29.5 Å². The molecule has 9 heteroatoms. The number of alkyl halides is 3. The maximum atomic E-state index is 12.7. The Balaban J connectivity index is 1.35. The number of thiazole rings is 1. The Kier molecular flexibility index (Phi) is 6.13. The molecule has 1 aliphatic rings. The molecule has 0 aliphatic carbocycles. The summed E-state index contributed by atoms with van der Waals surface area (Å²) in [5.41, 5.74) is 3.15. The first-order valence-corrected chi connectivity index (χ1v) is 12.0. The van der Waals surface area contributed by atoms with Crippen molar-refractivity contribution in [2.75, 3.05) is 17.2 Å². The predicted octanol–water partition coefficient (Wildman–Crippen LogP) is 4.96. The van der Waals surface area contributed by atoms with Crippen molar-refractivity contribution < 1.29 is 18.0 Å². The summed E-state index contributed by atoms with van der Waals surface area (Å²) in [6.07, 6.45) is -1.79. The van der Waals surface area contributed by atoms with Crippen molar-refractivity contribution in [2.45, 2.75) is 30.1 Å². The molecule has 3 atom stereocenters. The number of hydrogen-bond acceptors (Lipinski definition) is 4. The number of carbonyl (C=O) groups excluding carboxylic acids is 1. The summed E-state index contributed by atoms with van der Waals surface area (Å²) in [6, 6.07) is 11.3. The molecule has 2 heterocycles. The van der Waals surface area contributed by atoms with Crippen LogP contribution in [0, 0.1) is 0 Å². The van der Waals surface area contributed by atoms with Gasteiger partial charge in [-0.1, -0.05) is 0 Å². The number of benzene rings is 2. The number of rotatable bonds is 6. The quantitative estimate of drug-likeness (QED) is 0.464. The molecule has 2 N–H and O–H groups in total. The molecular weight excluding hydrogens is 486 g/mol. The van der Waals surface area contributed by atoms with E-state index in [0.717, 1.165) is 44.5 Å². The Labute approximate surface area is 190 Å². The van der Waals surface area contributed by atoms with Gasteiger partial charge in [0.25, 0.3) is 0 Å². The predicted molar refractivity (Wildman–Crippen MR) is 121 cm³/mol. The molecule has 162 valence electrons. The summed E-state index contributed by atoms with van der Waals surface area (Å²) >= 11 is 3.08. The normalized spacial score (nSPS) is 16.7. The Hall–Kier alpha value is -2.31. The summed E-state index contributed by atoms with van der Waals surface area (Å²) in [6.45, 7) is 2.58. The first-order chi connectivity index (χ1) is 14.7. The molecule has 0 fully saturated rings. The van der Waals surface area contributed by atoms with Crippen LogP contribution in [0.15, 0.2) is 48.7 Å². The second-order valence-electron chi connectivity index (χ2n) is 7.58. The average molecular weight is 507 g/mol. The number of nitrogens with one attached hydrogen (secondary N) is 2. The van der Waals surface area contributed by atoms with Gasteiger partial charge in [-0.3, -0.25) is 0 Å². The van der Waals surface area contributed by atoms with E-state index >= 15 is 0 Å². The Morgan fingerprint density at radius 1 is 1.23 bits per heavy atom. The van der Waals surface area contributed by atoms with Crippen molar-refractivity contribution in [3.63, 3.8) is 0 Å².